The van der Waals surface area contributed by atoms with E-state index in [4.69, 9.17) is 0 Å². The third kappa shape index (κ3) is 4.75. The van der Waals surface area contributed by atoms with Crippen LogP contribution in [0.1, 0.15) is 22.9 Å². The number of hydrogen-bond acceptors (Lipinski definition) is 3. The summed E-state index contributed by atoms with van der Waals surface area (Å²) >= 11 is 1.81. The second-order valence-corrected chi connectivity index (χ2v) is 6.50. The lowest BCUT2D eigenvalue weighted by molar-refractivity contribution is 0.242. The van der Waals surface area contributed by atoms with Gasteiger partial charge in [0.2, 0.25) is 0 Å². The zero-order valence-electron chi connectivity index (χ0n) is 12.6. The Morgan fingerprint density at radius 3 is 2.80 bits per heavy atom. The van der Waals surface area contributed by atoms with Crippen molar-refractivity contribution in [1.29, 1.82) is 0 Å². The summed E-state index contributed by atoms with van der Waals surface area (Å²) < 4.78 is 0. The normalized spacial score (nSPS) is 12.8. The molecule has 0 saturated heterocycles. The summed E-state index contributed by atoms with van der Waals surface area (Å²) in [5.74, 6) is 0. The summed E-state index contributed by atoms with van der Waals surface area (Å²) in [6.07, 6.45) is 0. The fraction of sp³-hybridized carbons (Fsp3) is 0.412. The number of benzene rings is 1. The molecule has 1 aromatic carbocycles. The lowest BCUT2D eigenvalue weighted by Crippen LogP contribution is -2.37. The van der Waals surface area contributed by atoms with Gasteiger partial charge in [0.15, 0.2) is 0 Å². The van der Waals surface area contributed by atoms with Gasteiger partial charge in [-0.15, -0.1) is 11.3 Å². The van der Waals surface area contributed by atoms with Crippen LogP contribution in [0.4, 0.5) is 0 Å². The SMILES string of the molecule is Cc1cccc(CN(C)C(C)CNCc2cccs2)c1. The molecule has 1 heterocycles. The van der Waals surface area contributed by atoms with Crippen molar-refractivity contribution in [2.45, 2.75) is 33.0 Å². The minimum atomic E-state index is 0.524. The maximum absolute atomic E-state index is 3.53. The third-order valence-corrected chi connectivity index (χ3v) is 4.46. The predicted molar refractivity (Wildman–Crippen MR) is 88.1 cm³/mol. The topological polar surface area (TPSA) is 15.3 Å². The van der Waals surface area contributed by atoms with E-state index in [-0.39, 0.29) is 0 Å². The highest BCUT2D eigenvalue weighted by Crippen LogP contribution is 2.10. The molecule has 0 radical (unpaired) electrons. The smallest absolute Gasteiger partial charge is 0.0300 e. The molecule has 2 rings (SSSR count). The molecule has 0 aliphatic rings. The van der Waals surface area contributed by atoms with Crippen LogP contribution in [0.15, 0.2) is 41.8 Å². The van der Waals surface area contributed by atoms with E-state index in [1.54, 1.807) is 0 Å². The Morgan fingerprint density at radius 2 is 2.10 bits per heavy atom. The Labute approximate surface area is 126 Å². The molecule has 2 nitrogen and oxygen atoms in total. The standard InChI is InChI=1S/C17H24N2S/c1-14-6-4-7-16(10-14)13-19(3)15(2)11-18-12-17-8-5-9-20-17/h4-10,15,18H,11-13H2,1-3H3. The number of hydrogen-bond donors (Lipinski definition) is 1. The maximum Gasteiger partial charge on any atom is 0.0300 e. The first-order chi connectivity index (χ1) is 9.65. The molecule has 3 heteroatoms. The summed E-state index contributed by atoms with van der Waals surface area (Å²) in [5, 5.41) is 5.66. The van der Waals surface area contributed by atoms with Crippen LogP contribution in [-0.4, -0.2) is 24.5 Å². The summed E-state index contributed by atoms with van der Waals surface area (Å²) in [6.45, 7) is 7.41. The summed E-state index contributed by atoms with van der Waals surface area (Å²) in [6, 6.07) is 13.6. The molecule has 20 heavy (non-hydrogen) atoms. The first kappa shape index (κ1) is 15.2. The van der Waals surface area contributed by atoms with Crippen LogP contribution < -0.4 is 5.32 Å². The molecule has 0 bridgehead atoms. The van der Waals surface area contributed by atoms with E-state index in [2.05, 4.69) is 72.9 Å². The van der Waals surface area contributed by atoms with E-state index in [9.17, 15) is 0 Å². The van der Waals surface area contributed by atoms with E-state index in [1.165, 1.54) is 16.0 Å². The predicted octanol–water partition coefficient (Wildman–Crippen LogP) is 3.67. The number of likely N-dealkylation sites (N-methyl/N-ethyl adjacent to an activating group) is 1. The Morgan fingerprint density at radius 1 is 1.25 bits per heavy atom. The summed E-state index contributed by atoms with van der Waals surface area (Å²) in [4.78, 5) is 3.80. The second-order valence-electron chi connectivity index (χ2n) is 5.46. The van der Waals surface area contributed by atoms with Gasteiger partial charge >= 0.3 is 0 Å². The molecule has 0 fully saturated rings. The first-order valence-electron chi connectivity index (χ1n) is 7.14. The van der Waals surface area contributed by atoms with Crippen molar-refractivity contribution in [2.75, 3.05) is 13.6 Å². The number of nitrogens with zero attached hydrogens (tertiary/aromatic N) is 1. The van der Waals surface area contributed by atoms with Gasteiger partial charge in [0.1, 0.15) is 0 Å². The number of rotatable bonds is 7. The third-order valence-electron chi connectivity index (χ3n) is 3.59. The zero-order chi connectivity index (χ0) is 14.4. The van der Waals surface area contributed by atoms with E-state index >= 15 is 0 Å². The average Bonchev–Trinajstić information content (AvgIpc) is 2.91. The van der Waals surface area contributed by atoms with Crippen LogP contribution in [0.25, 0.3) is 0 Å². The van der Waals surface area contributed by atoms with Crippen molar-refractivity contribution in [3.63, 3.8) is 0 Å². The average molecular weight is 288 g/mol. The minimum absolute atomic E-state index is 0.524. The van der Waals surface area contributed by atoms with E-state index < -0.39 is 0 Å². The van der Waals surface area contributed by atoms with Gasteiger partial charge in [-0.1, -0.05) is 35.9 Å². The van der Waals surface area contributed by atoms with Gasteiger partial charge in [-0.3, -0.25) is 4.90 Å². The monoisotopic (exact) mass is 288 g/mol. The van der Waals surface area contributed by atoms with E-state index in [0.29, 0.717) is 6.04 Å². The van der Waals surface area contributed by atoms with Crippen molar-refractivity contribution in [3.8, 4) is 0 Å². The zero-order valence-corrected chi connectivity index (χ0v) is 13.4. The van der Waals surface area contributed by atoms with Gasteiger partial charge in [0, 0.05) is 30.6 Å². The van der Waals surface area contributed by atoms with Gasteiger partial charge in [-0.25, -0.2) is 0 Å². The maximum atomic E-state index is 3.53. The Balaban J connectivity index is 1.75. The molecular weight excluding hydrogens is 264 g/mol. The van der Waals surface area contributed by atoms with Crippen molar-refractivity contribution in [2.24, 2.45) is 0 Å². The van der Waals surface area contributed by atoms with Gasteiger partial charge in [0.25, 0.3) is 0 Å². The van der Waals surface area contributed by atoms with Crippen molar-refractivity contribution < 1.29 is 0 Å². The molecular formula is C17H24N2S. The van der Waals surface area contributed by atoms with Crippen molar-refractivity contribution in [3.05, 3.63) is 57.8 Å². The lowest BCUT2D eigenvalue weighted by Gasteiger charge is -2.25. The van der Waals surface area contributed by atoms with Gasteiger partial charge in [-0.05, 0) is 37.9 Å². The Kier molecular flexibility index (Phi) is 5.77. The molecule has 1 unspecified atom stereocenters. The minimum Gasteiger partial charge on any atom is -0.310 e. The summed E-state index contributed by atoms with van der Waals surface area (Å²) in [5.41, 5.74) is 2.72. The van der Waals surface area contributed by atoms with Crippen molar-refractivity contribution >= 4 is 11.3 Å². The fourth-order valence-corrected chi connectivity index (χ4v) is 2.90. The molecule has 1 N–H and O–H groups in total. The fourth-order valence-electron chi connectivity index (χ4n) is 2.23. The van der Waals surface area contributed by atoms with Crippen LogP contribution in [0.5, 0.6) is 0 Å². The number of thiophene rings is 1. The molecule has 2 aromatic rings. The number of nitrogens with one attached hydrogen (secondary N) is 1. The molecule has 0 aliphatic carbocycles. The van der Waals surface area contributed by atoms with Gasteiger partial charge < -0.3 is 5.32 Å². The van der Waals surface area contributed by atoms with Crippen molar-refractivity contribution in [1.82, 2.24) is 10.2 Å². The molecule has 0 spiro atoms. The quantitative estimate of drug-likeness (QED) is 0.836. The van der Waals surface area contributed by atoms with Crippen LogP contribution in [-0.2, 0) is 13.1 Å². The number of aryl methyl sites for hydroxylation is 1. The largest absolute Gasteiger partial charge is 0.310 e. The van der Waals surface area contributed by atoms with Crippen LogP contribution in [0.3, 0.4) is 0 Å². The highest BCUT2D eigenvalue weighted by molar-refractivity contribution is 7.09. The second kappa shape index (κ2) is 7.58. The molecule has 1 atom stereocenters. The molecule has 0 aliphatic heterocycles. The van der Waals surface area contributed by atoms with Crippen LogP contribution in [0, 0.1) is 6.92 Å². The van der Waals surface area contributed by atoms with Gasteiger partial charge in [-0.2, -0.15) is 0 Å². The molecule has 0 saturated carbocycles. The van der Waals surface area contributed by atoms with Gasteiger partial charge in [0.05, 0.1) is 0 Å². The Bertz CT molecular complexity index is 507. The van der Waals surface area contributed by atoms with Crippen LogP contribution >= 0.6 is 11.3 Å². The molecule has 0 amide bonds. The van der Waals surface area contributed by atoms with E-state index in [1.807, 2.05) is 11.3 Å². The Hall–Kier alpha value is -1.16. The lowest BCUT2D eigenvalue weighted by atomic mass is 10.1. The first-order valence-corrected chi connectivity index (χ1v) is 8.02. The van der Waals surface area contributed by atoms with E-state index in [0.717, 1.165) is 19.6 Å². The summed E-state index contributed by atoms with van der Waals surface area (Å²) in [7, 11) is 2.19. The molecule has 108 valence electrons. The molecule has 1 aromatic heterocycles. The van der Waals surface area contributed by atoms with Crippen LogP contribution in [0.2, 0.25) is 0 Å². The highest BCUT2D eigenvalue weighted by Gasteiger charge is 2.09. The highest BCUT2D eigenvalue weighted by atomic mass is 32.1.